The molecule has 1 saturated heterocycles. The fourth-order valence-electron chi connectivity index (χ4n) is 4.64. The summed E-state index contributed by atoms with van der Waals surface area (Å²) in [6.45, 7) is 10.2. The Bertz CT molecular complexity index is 1030. The Balaban J connectivity index is 1.58. The number of aromatic nitrogens is 3. The highest BCUT2D eigenvalue weighted by molar-refractivity contribution is 9.10. The van der Waals surface area contributed by atoms with Gasteiger partial charge in [0, 0.05) is 24.2 Å². The Labute approximate surface area is 191 Å². The molecule has 166 valence electrons. The molecule has 8 heteroatoms. The van der Waals surface area contributed by atoms with Crippen LogP contribution < -0.4 is 0 Å². The number of Topliss-reactive ketones (excluding diaryl/α,β-unsaturated/α-hetero) is 1. The number of fused-ring (bicyclic) bond motifs is 1. The number of likely N-dealkylation sites (tertiary alicyclic amines) is 1. The van der Waals surface area contributed by atoms with Crippen molar-refractivity contribution in [2.75, 3.05) is 0 Å². The third-order valence-corrected chi connectivity index (χ3v) is 6.61. The number of carbonyl (C=O) groups is 2. The second-order valence-electron chi connectivity index (χ2n) is 9.92. The number of hydrogen-bond acceptors (Lipinski definition) is 5. The summed E-state index contributed by atoms with van der Waals surface area (Å²) in [7, 11) is 0. The zero-order chi connectivity index (χ0) is 22.6. The van der Waals surface area contributed by atoms with Crippen LogP contribution in [0.25, 0.3) is 0 Å². The number of carbonyl (C=O) groups excluding carboxylic acids is 2. The van der Waals surface area contributed by atoms with E-state index in [1.807, 2.05) is 59.3 Å². The van der Waals surface area contributed by atoms with Gasteiger partial charge in [-0.05, 0) is 75.0 Å². The summed E-state index contributed by atoms with van der Waals surface area (Å²) >= 11 is 3.39. The van der Waals surface area contributed by atoms with E-state index in [1.165, 1.54) is 0 Å². The van der Waals surface area contributed by atoms with Gasteiger partial charge in [0.15, 0.2) is 5.78 Å². The van der Waals surface area contributed by atoms with Gasteiger partial charge in [-0.3, -0.25) is 9.69 Å². The molecule has 0 bridgehead atoms. The highest BCUT2D eigenvalue weighted by Crippen LogP contribution is 2.61. The number of imidazole rings is 1. The smallest absolute Gasteiger partial charge is 0.411 e. The quantitative estimate of drug-likeness (QED) is 0.588. The molecule has 7 nitrogen and oxygen atoms in total. The van der Waals surface area contributed by atoms with Crippen molar-refractivity contribution in [1.29, 1.82) is 0 Å². The Morgan fingerprint density at radius 1 is 1.26 bits per heavy atom. The molecule has 0 N–H and O–H groups in total. The number of nitrogens with zero attached hydrogens (tertiary/aromatic N) is 4. The van der Waals surface area contributed by atoms with Gasteiger partial charge in [0.2, 0.25) is 0 Å². The predicted molar refractivity (Wildman–Crippen MR) is 120 cm³/mol. The van der Waals surface area contributed by atoms with E-state index < -0.39 is 17.7 Å². The van der Waals surface area contributed by atoms with Crippen LogP contribution in [0.15, 0.2) is 29.3 Å². The maximum atomic E-state index is 13.4. The van der Waals surface area contributed by atoms with E-state index in [-0.39, 0.29) is 23.7 Å². The van der Waals surface area contributed by atoms with Gasteiger partial charge in [0.25, 0.3) is 0 Å². The van der Waals surface area contributed by atoms with E-state index in [0.29, 0.717) is 11.0 Å². The van der Waals surface area contributed by atoms with Crippen molar-refractivity contribution in [1.82, 2.24) is 19.4 Å². The van der Waals surface area contributed by atoms with Crippen LogP contribution in [-0.4, -0.2) is 49.0 Å². The summed E-state index contributed by atoms with van der Waals surface area (Å²) in [6, 6.07) is 3.32. The number of amides is 1. The summed E-state index contributed by atoms with van der Waals surface area (Å²) in [4.78, 5) is 37.0. The van der Waals surface area contributed by atoms with Crippen molar-refractivity contribution in [3.63, 3.8) is 0 Å². The van der Waals surface area contributed by atoms with E-state index in [0.717, 1.165) is 29.9 Å². The number of piperidine rings is 1. The van der Waals surface area contributed by atoms with Gasteiger partial charge in [-0.15, -0.1) is 0 Å². The van der Waals surface area contributed by atoms with Crippen molar-refractivity contribution >= 4 is 27.8 Å². The van der Waals surface area contributed by atoms with Crippen molar-refractivity contribution < 1.29 is 14.3 Å². The van der Waals surface area contributed by atoms with Crippen molar-refractivity contribution in [2.24, 2.45) is 5.41 Å². The van der Waals surface area contributed by atoms with Crippen LogP contribution in [-0.2, 0) is 22.5 Å². The molecule has 0 spiro atoms. The SMILES string of the molecule is Cc1cn(C[C@@]23CC(C(=O)Cc4nc(Br)ccc4C)N(C(=O)OC(C)(C)C)[C@@H]2C3)cn1. The van der Waals surface area contributed by atoms with Crippen LogP contribution in [0, 0.1) is 19.3 Å². The zero-order valence-electron chi connectivity index (χ0n) is 18.7. The summed E-state index contributed by atoms with van der Waals surface area (Å²) in [5, 5.41) is 0. The van der Waals surface area contributed by atoms with Gasteiger partial charge in [-0.2, -0.15) is 0 Å². The minimum Gasteiger partial charge on any atom is -0.444 e. The number of halogens is 1. The summed E-state index contributed by atoms with van der Waals surface area (Å²) < 4.78 is 8.45. The highest BCUT2D eigenvalue weighted by Gasteiger charge is 2.67. The van der Waals surface area contributed by atoms with Crippen LogP contribution in [0.2, 0.25) is 0 Å². The number of ketones is 1. The molecule has 2 fully saturated rings. The average Bonchev–Trinajstić information content (AvgIpc) is 3.00. The Morgan fingerprint density at radius 2 is 2.00 bits per heavy atom. The van der Waals surface area contributed by atoms with Crippen LogP contribution in [0.3, 0.4) is 0 Å². The molecule has 1 aliphatic heterocycles. The number of hydrogen-bond donors (Lipinski definition) is 0. The minimum absolute atomic E-state index is 0.00736. The van der Waals surface area contributed by atoms with Crippen LogP contribution >= 0.6 is 15.9 Å². The first-order valence-corrected chi connectivity index (χ1v) is 11.4. The lowest BCUT2D eigenvalue weighted by atomic mass is 9.94. The lowest BCUT2D eigenvalue weighted by molar-refractivity contribution is -0.123. The summed E-state index contributed by atoms with van der Waals surface area (Å²) in [6.07, 6.45) is 5.13. The molecule has 1 saturated carbocycles. The van der Waals surface area contributed by atoms with Crippen molar-refractivity contribution in [3.8, 4) is 0 Å². The molecule has 0 aromatic carbocycles. The average molecular weight is 489 g/mol. The molecule has 0 radical (unpaired) electrons. The molecule has 2 aromatic heterocycles. The monoisotopic (exact) mass is 488 g/mol. The lowest BCUT2D eigenvalue weighted by Gasteiger charge is -2.29. The lowest BCUT2D eigenvalue weighted by Crippen LogP contribution is -2.46. The maximum Gasteiger partial charge on any atom is 0.411 e. The normalized spacial score (nSPS) is 24.8. The van der Waals surface area contributed by atoms with Gasteiger partial charge in [-0.1, -0.05) is 6.07 Å². The predicted octanol–water partition coefficient (Wildman–Crippen LogP) is 4.24. The van der Waals surface area contributed by atoms with Gasteiger partial charge < -0.3 is 9.30 Å². The summed E-state index contributed by atoms with van der Waals surface area (Å²) in [5.41, 5.74) is 1.94. The number of rotatable bonds is 5. The molecule has 1 aliphatic carbocycles. The number of aryl methyl sites for hydroxylation is 2. The van der Waals surface area contributed by atoms with Gasteiger partial charge in [0.05, 0.1) is 30.2 Å². The first-order chi connectivity index (χ1) is 14.5. The highest BCUT2D eigenvalue weighted by atomic mass is 79.9. The maximum absolute atomic E-state index is 13.4. The fourth-order valence-corrected chi connectivity index (χ4v) is 4.99. The summed E-state index contributed by atoms with van der Waals surface area (Å²) in [5.74, 6) is 0.00736. The molecule has 4 rings (SSSR count). The molecule has 31 heavy (non-hydrogen) atoms. The second-order valence-corrected chi connectivity index (χ2v) is 10.7. The first kappa shape index (κ1) is 22.0. The Morgan fingerprint density at radius 3 is 2.65 bits per heavy atom. The van der Waals surface area contributed by atoms with E-state index in [9.17, 15) is 9.59 Å². The molecule has 1 unspecified atom stereocenters. The molecule has 3 atom stereocenters. The Hall–Kier alpha value is -2.22. The zero-order valence-corrected chi connectivity index (χ0v) is 20.3. The molecule has 1 amide bonds. The minimum atomic E-state index is -0.616. The van der Waals surface area contributed by atoms with Gasteiger partial charge in [-0.25, -0.2) is 14.8 Å². The standard InChI is InChI=1S/C23H29BrN4O3/c1-14-6-7-20(24)26-16(14)8-18(29)17-9-23(12-27-11-15(2)25-13-27)10-19(23)28(17)21(30)31-22(3,4)5/h6-7,11,13,17,19H,8-10,12H2,1-5H3/t17?,19-,23+/m1/s1. The van der Waals surface area contributed by atoms with Gasteiger partial charge in [0.1, 0.15) is 10.2 Å². The third kappa shape index (κ3) is 4.54. The van der Waals surface area contributed by atoms with Crippen LogP contribution in [0.4, 0.5) is 4.79 Å². The van der Waals surface area contributed by atoms with E-state index >= 15 is 0 Å². The van der Waals surface area contributed by atoms with E-state index in [4.69, 9.17) is 4.74 Å². The van der Waals surface area contributed by atoms with Crippen molar-refractivity contribution in [2.45, 2.75) is 78.1 Å². The van der Waals surface area contributed by atoms with E-state index in [2.05, 4.69) is 30.5 Å². The molecular formula is C23H29BrN4O3. The molecule has 3 heterocycles. The second kappa shape index (κ2) is 7.73. The topological polar surface area (TPSA) is 77.3 Å². The fraction of sp³-hybridized carbons (Fsp3) is 0.565. The largest absolute Gasteiger partial charge is 0.444 e. The van der Waals surface area contributed by atoms with Crippen LogP contribution in [0.1, 0.15) is 50.6 Å². The third-order valence-electron chi connectivity index (χ3n) is 6.16. The molecular weight excluding hydrogens is 460 g/mol. The molecule has 2 aliphatic rings. The number of ether oxygens (including phenoxy) is 1. The van der Waals surface area contributed by atoms with E-state index in [1.54, 1.807) is 4.90 Å². The van der Waals surface area contributed by atoms with Crippen molar-refractivity contribution in [3.05, 3.63) is 46.2 Å². The first-order valence-electron chi connectivity index (χ1n) is 10.6. The molecule has 2 aromatic rings. The van der Waals surface area contributed by atoms with Gasteiger partial charge >= 0.3 is 6.09 Å². The van der Waals surface area contributed by atoms with Crippen LogP contribution in [0.5, 0.6) is 0 Å². The Kier molecular flexibility index (Phi) is 5.48. The number of pyridine rings is 1.